The predicted molar refractivity (Wildman–Crippen MR) is 98.0 cm³/mol. The van der Waals surface area contributed by atoms with Crippen molar-refractivity contribution in [2.24, 2.45) is 4.99 Å². The van der Waals surface area contributed by atoms with Gasteiger partial charge in [0.2, 0.25) is 0 Å². The number of ketones is 1. The number of rotatable bonds is 3. The number of Topliss-reactive ketones (excluding diaryl/α,β-unsaturated/α-hetero) is 1. The number of hydrogen-bond acceptors (Lipinski definition) is 4. The van der Waals surface area contributed by atoms with Crippen molar-refractivity contribution in [1.29, 1.82) is 0 Å². The Morgan fingerprint density at radius 1 is 1.13 bits per heavy atom. The molecule has 2 aromatic carbocycles. The summed E-state index contributed by atoms with van der Waals surface area (Å²) in [5.41, 5.74) is 3.62. The van der Waals surface area contributed by atoms with Crippen LogP contribution in [0.25, 0.3) is 0 Å². The second-order valence-corrected chi connectivity index (χ2v) is 6.53. The zero-order chi connectivity index (χ0) is 16.4. The summed E-state index contributed by atoms with van der Waals surface area (Å²) in [5.74, 6) is 0.0552. The molecule has 3 nitrogen and oxygen atoms in total. The maximum absolute atomic E-state index is 11.5. The molecule has 3 rings (SSSR count). The first-order chi connectivity index (χ1) is 11.0. The van der Waals surface area contributed by atoms with E-state index in [1.54, 1.807) is 18.7 Å². The highest BCUT2D eigenvalue weighted by Crippen LogP contribution is 2.44. The molecule has 2 aromatic rings. The zero-order valence-electron chi connectivity index (χ0n) is 13.4. The van der Waals surface area contributed by atoms with Gasteiger partial charge in [-0.05, 0) is 44.2 Å². The smallest absolute Gasteiger partial charge is 0.159 e. The zero-order valence-corrected chi connectivity index (χ0v) is 14.2. The topological polar surface area (TPSA) is 32.7 Å². The Labute approximate surface area is 140 Å². The van der Waals surface area contributed by atoms with Crippen molar-refractivity contribution in [1.82, 2.24) is 0 Å². The molecule has 23 heavy (non-hydrogen) atoms. The fraction of sp³-hybridized carbons (Fsp3) is 0.158. The van der Waals surface area contributed by atoms with E-state index >= 15 is 0 Å². The van der Waals surface area contributed by atoms with Crippen molar-refractivity contribution in [3.63, 3.8) is 0 Å². The molecule has 0 saturated heterocycles. The van der Waals surface area contributed by atoms with E-state index < -0.39 is 0 Å². The third kappa shape index (κ3) is 3.37. The molecule has 116 valence electrons. The first kappa shape index (κ1) is 15.6. The highest BCUT2D eigenvalue weighted by Gasteiger charge is 2.21. The average molecular weight is 322 g/mol. The molecule has 0 aromatic heterocycles. The fourth-order valence-electron chi connectivity index (χ4n) is 2.46. The van der Waals surface area contributed by atoms with Crippen LogP contribution in [-0.2, 0) is 0 Å². The molecule has 1 aliphatic rings. The van der Waals surface area contributed by atoms with E-state index in [2.05, 4.69) is 41.2 Å². The van der Waals surface area contributed by atoms with Crippen molar-refractivity contribution in [2.75, 3.05) is 11.9 Å². The summed E-state index contributed by atoms with van der Waals surface area (Å²) in [6.45, 7) is 3.55. The van der Waals surface area contributed by atoms with Crippen LogP contribution in [0, 0.1) is 0 Å². The molecule has 1 aliphatic heterocycles. The van der Waals surface area contributed by atoms with Crippen molar-refractivity contribution in [3.8, 4) is 0 Å². The van der Waals surface area contributed by atoms with Gasteiger partial charge in [-0.3, -0.25) is 9.79 Å². The maximum atomic E-state index is 11.5. The van der Waals surface area contributed by atoms with E-state index in [0.717, 1.165) is 16.4 Å². The Morgan fingerprint density at radius 3 is 2.65 bits per heavy atom. The lowest BCUT2D eigenvalue weighted by molar-refractivity contribution is 0.101. The van der Waals surface area contributed by atoms with E-state index in [1.165, 1.54) is 10.6 Å². The Bertz CT molecular complexity index is 824. The molecule has 1 heterocycles. The Hall–Kier alpha value is -2.33. The van der Waals surface area contributed by atoms with Gasteiger partial charge < -0.3 is 4.90 Å². The molecule has 0 bridgehead atoms. The van der Waals surface area contributed by atoms with Gasteiger partial charge in [-0.25, -0.2) is 0 Å². The largest absolute Gasteiger partial charge is 0.338 e. The minimum Gasteiger partial charge on any atom is -0.338 e. The number of carbonyl (C=O) groups is 1. The summed E-state index contributed by atoms with van der Waals surface area (Å²) in [4.78, 5) is 19.5. The van der Waals surface area contributed by atoms with Crippen LogP contribution in [-0.4, -0.2) is 18.5 Å². The molecule has 0 amide bonds. The van der Waals surface area contributed by atoms with Gasteiger partial charge in [0.25, 0.3) is 0 Å². The number of thioether (sulfide) groups is 1. The number of benzene rings is 2. The number of nitrogens with zero attached hydrogens (tertiary/aromatic N) is 2. The molecule has 0 unspecified atom stereocenters. The summed E-state index contributed by atoms with van der Waals surface area (Å²) in [7, 11) is 2.06. The lowest BCUT2D eigenvalue weighted by Crippen LogP contribution is -2.10. The van der Waals surface area contributed by atoms with Crippen molar-refractivity contribution in [2.45, 2.75) is 18.7 Å². The third-order valence-corrected chi connectivity index (χ3v) is 4.83. The molecular formula is C19H18N2OS. The number of fused-ring (bicyclic) bond motifs is 1. The maximum Gasteiger partial charge on any atom is 0.159 e. The Morgan fingerprint density at radius 2 is 1.91 bits per heavy atom. The van der Waals surface area contributed by atoms with Gasteiger partial charge in [0.1, 0.15) is 0 Å². The summed E-state index contributed by atoms with van der Waals surface area (Å²) < 4.78 is 0. The van der Waals surface area contributed by atoms with Crippen LogP contribution in [0.5, 0.6) is 0 Å². The van der Waals surface area contributed by atoms with Gasteiger partial charge in [0, 0.05) is 23.2 Å². The Kier molecular flexibility index (Phi) is 4.35. The number of para-hydroxylation sites is 1. The normalized spacial score (nSPS) is 15.9. The van der Waals surface area contributed by atoms with Gasteiger partial charge in [0.15, 0.2) is 5.78 Å². The second kappa shape index (κ2) is 6.42. The van der Waals surface area contributed by atoms with Crippen LogP contribution in [0.4, 0.5) is 11.4 Å². The van der Waals surface area contributed by atoms with E-state index in [-0.39, 0.29) is 5.78 Å². The lowest BCUT2D eigenvalue weighted by atomic mass is 10.1. The summed E-state index contributed by atoms with van der Waals surface area (Å²) in [6.07, 6.45) is 2.07. The van der Waals surface area contributed by atoms with Crippen molar-refractivity contribution in [3.05, 3.63) is 65.2 Å². The summed E-state index contributed by atoms with van der Waals surface area (Å²) in [5, 5.41) is 1.15. The van der Waals surface area contributed by atoms with Crippen LogP contribution in [0.2, 0.25) is 0 Å². The van der Waals surface area contributed by atoms with Gasteiger partial charge in [0.05, 0.1) is 16.4 Å². The minimum absolute atomic E-state index is 0.0552. The van der Waals surface area contributed by atoms with E-state index in [1.807, 2.05) is 37.3 Å². The first-order valence-electron chi connectivity index (χ1n) is 7.43. The Balaban J connectivity index is 1.86. The summed E-state index contributed by atoms with van der Waals surface area (Å²) >= 11 is 1.74. The van der Waals surface area contributed by atoms with E-state index in [4.69, 9.17) is 0 Å². The number of aliphatic imine (C=N–C) groups is 1. The molecule has 0 radical (unpaired) electrons. The number of carbonyl (C=O) groups excluding carboxylic acids is 1. The average Bonchev–Trinajstić information content (AvgIpc) is 2.84. The molecule has 4 heteroatoms. The number of hydrogen-bond donors (Lipinski definition) is 0. The summed E-state index contributed by atoms with van der Waals surface area (Å²) in [6, 6.07) is 15.8. The van der Waals surface area contributed by atoms with Crippen LogP contribution in [0.3, 0.4) is 0 Å². The van der Waals surface area contributed by atoms with Crippen molar-refractivity contribution < 1.29 is 4.79 Å². The van der Waals surface area contributed by atoms with Gasteiger partial charge in [-0.15, -0.1) is 0 Å². The molecular weight excluding hydrogens is 304 g/mol. The van der Waals surface area contributed by atoms with Crippen molar-refractivity contribution >= 4 is 34.6 Å². The fourth-order valence-corrected chi connectivity index (χ4v) is 3.60. The second-order valence-electron chi connectivity index (χ2n) is 5.47. The highest BCUT2D eigenvalue weighted by atomic mass is 32.2. The van der Waals surface area contributed by atoms with Gasteiger partial charge >= 0.3 is 0 Å². The molecule has 0 fully saturated rings. The molecule has 0 N–H and O–H groups in total. The van der Waals surface area contributed by atoms with Gasteiger partial charge in [-0.1, -0.05) is 36.0 Å². The number of anilines is 1. The predicted octanol–water partition coefficient (Wildman–Crippen LogP) is 5.07. The van der Waals surface area contributed by atoms with Gasteiger partial charge in [-0.2, -0.15) is 0 Å². The monoisotopic (exact) mass is 322 g/mol. The van der Waals surface area contributed by atoms with Crippen LogP contribution >= 0.6 is 11.8 Å². The molecule has 0 spiro atoms. The highest BCUT2D eigenvalue weighted by molar-refractivity contribution is 8.03. The third-order valence-electron chi connectivity index (χ3n) is 3.66. The first-order valence-corrected chi connectivity index (χ1v) is 8.25. The number of allylic oxidation sites excluding steroid dienone is 1. The standard InChI is InChI=1S/C19H18N2OS/c1-13(20-16-8-6-7-15(12-16)14(2)22)11-19-21(3)17-9-4-5-10-18(17)23-19/h4-12H,1-3H3/b19-11+,20-13?. The lowest BCUT2D eigenvalue weighted by Gasteiger charge is -2.13. The van der Waals surface area contributed by atoms with E-state index in [0.29, 0.717) is 5.56 Å². The SMILES string of the molecule is CC(=O)c1cccc(N=C(C)/C=C2/Sc3ccccc3N2C)c1. The van der Waals surface area contributed by atoms with Crippen LogP contribution in [0.1, 0.15) is 24.2 Å². The minimum atomic E-state index is 0.0552. The molecule has 0 aliphatic carbocycles. The molecule has 0 saturated carbocycles. The quantitative estimate of drug-likeness (QED) is 0.584. The van der Waals surface area contributed by atoms with Crippen LogP contribution in [0.15, 0.2) is 69.5 Å². The molecule has 0 atom stereocenters. The van der Waals surface area contributed by atoms with E-state index in [9.17, 15) is 4.79 Å². The van der Waals surface area contributed by atoms with Crippen LogP contribution < -0.4 is 4.90 Å².